The predicted molar refractivity (Wildman–Crippen MR) is 91.7 cm³/mol. The molecule has 0 aliphatic rings. The van der Waals surface area contributed by atoms with Crippen molar-refractivity contribution in [1.29, 1.82) is 0 Å². The maximum atomic E-state index is 12.1. The molecule has 1 aromatic heterocycles. The van der Waals surface area contributed by atoms with Gasteiger partial charge in [-0.15, -0.1) is 11.3 Å². The largest absolute Gasteiger partial charge is 0.493 e. The van der Waals surface area contributed by atoms with E-state index in [1.807, 2.05) is 12.1 Å². The minimum atomic E-state index is -0.287. The van der Waals surface area contributed by atoms with E-state index in [0.717, 1.165) is 5.56 Å². The zero-order chi connectivity index (χ0) is 17.5. The van der Waals surface area contributed by atoms with Crippen molar-refractivity contribution in [2.75, 3.05) is 27.3 Å². The maximum absolute atomic E-state index is 12.1. The van der Waals surface area contributed by atoms with Crippen LogP contribution >= 0.6 is 11.3 Å². The fourth-order valence-corrected chi connectivity index (χ4v) is 2.88. The van der Waals surface area contributed by atoms with Gasteiger partial charge in [-0.3, -0.25) is 9.59 Å². The zero-order valence-corrected chi connectivity index (χ0v) is 14.5. The van der Waals surface area contributed by atoms with Gasteiger partial charge in [0.15, 0.2) is 11.5 Å². The quantitative estimate of drug-likeness (QED) is 0.743. The summed E-state index contributed by atoms with van der Waals surface area (Å²) >= 11 is 1.35. The summed E-state index contributed by atoms with van der Waals surface area (Å²) < 4.78 is 10.7. The van der Waals surface area contributed by atoms with Crippen LogP contribution in [0.4, 0.5) is 0 Å². The van der Waals surface area contributed by atoms with E-state index in [2.05, 4.69) is 15.6 Å². The van der Waals surface area contributed by atoms with Gasteiger partial charge < -0.3 is 20.1 Å². The Morgan fingerprint density at radius 3 is 2.58 bits per heavy atom. The molecule has 2 amide bonds. The van der Waals surface area contributed by atoms with Crippen LogP contribution < -0.4 is 20.1 Å². The number of aromatic nitrogens is 1. The fourth-order valence-electron chi connectivity index (χ4n) is 2.06. The second kappa shape index (κ2) is 8.30. The monoisotopic (exact) mass is 349 g/mol. The molecule has 0 saturated heterocycles. The summed E-state index contributed by atoms with van der Waals surface area (Å²) in [5.41, 5.74) is 1.09. The van der Waals surface area contributed by atoms with Crippen LogP contribution in [0.25, 0.3) is 10.6 Å². The Morgan fingerprint density at radius 2 is 1.92 bits per heavy atom. The molecule has 0 aliphatic carbocycles. The number of benzene rings is 1. The molecule has 128 valence electrons. The Bertz CT molecular complexity index is 730. The first-order valence-corrected chi connectivity index (χ1v) is 8.14. The van der Waals surface area contributed by atoms with Crippen molar-refractivity contribution >= 4 is 23.2 Å². The van der Waals surface area contributed by atoms with Gasteiger partial charge in [-0.05, 0) is 12.1 Å². The van der Waals surface area contributed by atoms with E-state index in [0.29, 0.717) is 35.3 Å². The highest BCUT2D eigenvalue weighted by Crippen LogP contribution is 2.38. The number of carbonyl (C=O) groups is 2. The SMILES string of the molecule is COc1cccc(-c2nc(C(=O)NCCNC(C)=O)cs2)c1OC. The van der Waals surface area contributed by atoms with E-state index in [4.69, 9.17) is 9.47 Å². The van der Waals surface area contributed by atoms with Gasteiger partial charge in [-0.2, -0.15) is 0 Å². The molecule has 2 rings (SSSR count). The van der Waals surface area contributed by atoms with Crippen molar-refractivity contribution in [1.82, 2.24) is 15.6 Å². The molecular formula is C16H19N3O4S. The van der Waals surface area contributed by atoms with Gasteiger partial charge in [0.1, 0.15) is 10.7 Å². The third-order valence-electron chi connectivity index (χ3n) is 3.15. The zero-order valence-electron chi connectivity index (χ0n) is 13.7. The molecule has 7 nitrogen and oxygen atoms in total. The minimum Gasteiger partial charge on any atom is -0.493 e. The molecule has 0 unspecified atom stereocenters. The summed E-state index contributed by atoms with van der Waals surface area (Å²) in [5, 5.41) is 7.66. The molecule has 0 spiro atoms. The van der Waals surface area contributed by atoms with Crippen molar-refractivity contribution < 1.29 is 19.1 Å². The first-order chi connectivity index (χ1) is 11.6. The lowest BCUT2D eigenvalue weighted by Crippen LogP contribution is -2.33. The number of carbonyl (C=O) groups excluding carboxylic acids is 2. The Kier molecular flexibility index (Phi) is 6.14. The van der Waals surface area contributed by atoms with Crippen LogP contribution in [0.2, 0.25) is 0 Å². The van der Waals surface area contributed by atoms with Crippen LogP contribution in [0, 0.1) is 0 Å². The lowest BCUT2D eigenvalue weighted by Gasteiger charge is -2.10. The van der Waals surface area contributed by atoms with E-state index in [-0.39, 0.29) is 11.8 Å². The van der Waals surface area contributed by atoms with Crippen LogP contribution in [-0.4, -0.2) is 44.1 Å². The summed E-state index contributed by atoms with van der Waals surface area (Å²) in [6, 6.07) is 5.50. The van der Waals surface area contributed by atoms with Crippen molar-refractivity contribution in [2.24, 2.45) is 0 Å². The number of methoxy groups -OCH3 is 2. The highest BCUT2D eigenvalue weighted by molar-refractivity contribution is 7.13. The first kappa shape index (κ1) is 17.7. The molecule has 2 aromatic rings. The van der Waals surface area contributed by atoms with E-state index in [9.17, 15) is 9.59 Å². The molecule has 0 radical (unpaired) electrons. The average Bonchev–Trinajstić information content (AvgIpc) is 3.07. The minimum absolute atomic E-state index is 0.134. The summed E-state index contributed by atoms with van der Waals surface area (Å²) in [4.78, 5) is 27.2. The second-order valence-electron chi connectivity index (χ2n) is 4.82. The Morgan fingerprint density at radius 1 is 1.17 bits per heavy atom. The lowest BCUT2D eigenvalue weighted by atomic mass is 10.2. The Hall–Kier alpha value is -2.61. The van der Waals surface area contributed by atoms with Crippen LogP contribution in [0.5, 0.6) is 11.5 Å². The van der Waals surface area contributed by atoms with Gasteiger partial charge in [0, 0.05) is 25.4 Å². The number of hydrogen-bond donors (Lipinski definition) is 2. The van der Waals surface area contributed by atoms with Gasteiger partial charge >= 0.3 is 0 Å². The topological polar surface area (TPSA) is 89.5 Å². The van der Waals surface area contributed by atoms with Crippen molar-refractivity contribution in [3.8, 4) is 22.1 Å². The Balaban J connectivity index is 2.10. The Labute approximate surface area is 144 Å². The third-order valence-corrected chi connectivity index (χ3v) is 4.03. The smallest absolute Gasteiger partial charge is 0.270 e. The van der Waals surface area contributed by atoms with Gasteiger partial charge in [0.2, 0.25) is 5.91 Å². The molecular weight excluding hydrogens is 330 g/mol. The van der Waals surface area contributed by atoms with Gasteiger partial charge in [-0.25, -0.2) is 4.98 Å². The van der Waals surface area contributed by atoms with Gasteiger partial charge in [0.05, 0.1) is 19.8 Å². The highest BCUT2D eigenvalue weighted by atomic mass is 32.1. The van der Waals surface area contributed by atoms with Crippen molar-refractivity contribution in [3.63, 3.8) is 0 Å². The molecule has 8 heteroatoms. The average molecular weight is 349 g/mol. The summed E-state index contributed by atoms with van der Waals surface area (Å²) in [5.74, 6) is 0.758. The van der Waals surface area contributed by atoms with E-state index >= 15 is 0 Å². The maximum Gasteiger partial charge on any atom is 0.270 e. The summed E-state index contributed by atoms with van der Waals surface area (Å²) in [6.45, 7) is 2.14. The number of ether oxygens (including phenoxy) is 2. The first-order valence-electron chi connectivity index (χ1n) is 7.26. The number of hydrogen-bond acceptors (Lipinski definition) is 6. The number of para-hydroxylation sites is 1. The number of rotatable bonds is 7. The fraction of sp³-hybridized carbons (Fsp3) is 0.312. The van der Waals surface area contributed by atoms with E-state index < -0.39 is 0 Å². The molecule has 2 N–H and O–H groups in total. The molecule has 0 saturated carbocycles. The molecule has 0 atom stereocenters. The molecule has 1 aromatic carbocycles. The van der Waals surface area contributed by atoms with Gasteiger partial charge in [0.25, 0.3) is 5.91 Å². The van der Waals surface area contributed by atoms with E-state index in [1.54, 1.807) is 25.7 Å². The van der Waals surface area contributed by atoms with Crippen LogP contribution in [0.3, 0.4) is 0 Å². The molecule has 24 heavy (non-hydrogen) atoms. The predicted octanol–water partition coefficient (Wildman–Crippen LogP) is 1.69. The van der Waals surface area contributed by atoms with Gasteiger partial charge in [-0.1, -0.05) is 6.07 Å². The number of nitrogens with one attached hydrogen (secondary N) is 2. The number of nitrogens with zero attached hydrogens (tertiary/aromatic N) is 1. The van der Waals surface area contributed by atoms with Crippen molar-refractivity contribution in [2.45, 2.75) is 6.92 Å². The molecule has 0 fully saturated rings. The number of amides is 2. The summed E-state index contributed by atoms with van der Waals surface area (Å²) in [7, 11) is 3.13. The van der Waals surface area contributed by atoms with Crippen molar-refractivity contribution in [3.05, 3.63) is 29.3 Å². The third kappa shape index (κ3) is 4.23. The molecule has 0 bridgehead atoms. The highest BCUT2D eigenvalue weighted by Gasteiger charge is 2.16. The van der Waals surface area contributed by atoms with Crippen LogP contribution in [0.1, 0.15) is 17.4 Å². The lowest BCUT2D eigenvalue weighted by molar-refractivity contribution is -0.118. The normalized spacial score (nSPS) is 10.1. The van der Waals surface area contributed by atoms with Crippen LogP contribution in [-0.2, 0) is 4.79 Å². The summed E-state index contributed by atoms with van der Waals surface area (Å²) in [6.07, 6.45) is 0. The molecule has 1 heterocycles. The standard InChI is InChI=1S/C16H19N3O4S/c1-10(20)17-7-8-18-15(21)12-9-24-16(19-12)11-5-4-6-13(22-2)14(11)23-3/h4-6,9H,7-8H2,1-3H3,(H,17,20)(H,18,21). The van der Waals surface area contributed by atoms with E-state index in [1.165, 1.54) is 18.3 Å². The second-order valence-corrected chi connectivity index (χ2v) is 5.68. The van der Waals surface area contributed by atoms with Crippen LogP contribution in [0.15, 0.2) is 23.6 Å². The molecule has 0 aliphatic heterocycles. The number of thiazole rings is 1.